The lowest BCUT2D eigenvalue weighted by Crippen LogP contribution is -2.62. The fourth-order valence-corrected chi connectivity index (χ4v) is 4.29. The highest BCUT2D eigenvalue weighted by atomic mass is 35.5. The van der Waals surface area contributed by atoms with Crippen LogP contribution in [0.5, 0.6) is 0 Å². The van der Waals surface area contributed by atoms with Gasteiger partial charge in [-0.1, -0.05) is 30.3 Å². The van der Waals surface area contributed by atoms with Crippen molar-refractivity contribution >= 4 is 18.3 Å². The summed E-state index contributed by atoms with van der Waals surface area (Å²) in [7, 11) is 0. The second kappa shape index (κ2) is 9.18. The van der Waals surface area contributed by atoms with E-state index in [9.17, 15) is 9.90 Å². The Morgan fingerprint density at radius 3 is 2.58 bits per heavy atom. The second-order valence-corrected chi connectivity index (χ2v) is 7.37. The number of nitrogens with two attached hydrogens (primary N) is 1. The van der Waals surface area contributed by atoms with Crippen LogP contribution in [0.25, 0.3) is 0 Å². The third kappa shape index (κ3) is 4.22. The number of likely N-dealkylation sites (tertiary alicyclic amines) is 1. The third-order valence-corrected chi connectivity index (χ3v) is 6.05. The van der Waals surface area contributed by atoms with E-state index in [2.05, 4.69) is 0 Å². The van der Waals surface area contributed by atoms with Crippen molar-refractivity contribution in [2.75, 3.05) is 19.7 Å². The van der Waals surface area contributed by atoms with Crippen molar-refractivity contribution in [2.24, 2.45) is 11.1 Å². The number of aliphatic hydroxyl groups excluding tert-OH is 1. The molecule has 3 atom stereocenters. The predicted molar refractivity (Wildman–Crippen MR) is 104 cm³/mol. The largest absolute Gasteiger partial charge is 0.392 e. The third-order valence-electron chi connectivity index (χ3n) is 6.05. The Labute approximate surface area is 162 Å². The maximum Gasteiger partial charge on any atom is 0.222 e. The SMILES string of the molecule is CCOC1CC(O)C12CCN(C(=O)CCC(N)c1ccccc1)CC2.Cl. The van der Waals surface area contributed by atoms with Crippen molar-refractivity contribution in [3.63, 3.8) is 0 Å². The number of ether oxygens (including phenoxy) is 1. The topological polar surface area (TPSA) is 75.8 Å². The molecule has 2 fully saturated rings. The molecule has 5 nitrogen and oxygen atoms in total. The summed E-state index contributed by atoms with van der Waals surface area (Å²) in [5, 5.41) is 10.2. The Morgan fingerprint density at radius 2 is 2.00 bits per heavy atom. The summed E-state index contributed by atoms with van der Waals surface area (Å²) in [6, 6.07) is 9.82. The molecule has 2 aliphatic rings. The number of piperidine rings is 1. The maximum atomic E-state index is 12.5. The van der Waals surface area contributed by atoms with Crippen LogP contribution < -0.4 is 5.73 Å². The molecule has 3 unspecified atom stereocenters. The zero-order chi connectivity index (χ0) is 17.9. The highest BCUT2D eigenvalue weighted by Crippen LogP contribution is 2.51. The number of hydrogen-bond acceptors (Lipinski definition) is 4. The number of hydrogen-bond donors (Lipinski definition) is 2. The fraction of sp³-hybridized carbons (Fsp3) is 0.650. The molecule has 26 heavy (non-hydrogen) atoms. The number of halogens is 1. The molecule has 0 bridgehead atoms. The minimum atomic E-state index is -0.284. The molecule has 1 saturated carbocycles. The zero-order valence-electron chi connectivity index (χ0n) is 15.5. The standard InChI is InChI=1S/C20H30N2O3.ClH/c1-2-25-18-14-17(23)20(18)10-12-22(13-11-20)19(24)9-8-16(21)15-6-4-3-5-7-15;/h3-7,16-18,23H,2,8-14,21H2,1H3;1H. The minimum Gasteiger partial charge on any atom is -0.392 e. The van der Waals surface area contributed by atoms with Crippen LogP contribution >= 0.6 is 12.4 Å². The van der Waals surface area contributed by atoms with Crippen molar-refractivity contribution in [3.8, 4) is 0 Å². The van der Waals surface area contributed by atoms with Gasteiger partial charge in [0.15, 0.2) is 0 Å². The van der Waals surface area contributed by atoms with Crippen LogP contribution in [-0.4, -0.2) is 47.8 Å². The number of aliphatic hydroxyl groups is 1. The van der Waals surface area contributed by atoms with Crippen LogP contribution in [0, 0.1) is 5.41 Å². The Morgan fingerprint density at radius 1 is 1.35 bits per heavy atom. The van der Waals surface area contributed by atoms with E-state index in [1.54, 1.807) is 0 Å². The molecule has 1 aromatic carbocycles. The first-order valence-corrected chi connectivity index (χ1v) is 9.45. The van der Waals surface area contributed by atoms with E-state index in [4.69, 9.17) is 10.5 Å². The summed E-state index contributed by atoms with van der Waals surface area (Å²) in [4.78, 5) is 14.4. The van der Waals surface area contributed by atoms with Crippen molar-refractivity contribution < 1.29 is 14.6 Å². The van der Waals surface area contributed by atoms with Gasteiger partial charge in [0.05, 0.1) is 12.2 Å². The average Bonchev–Trinajstić information content (AvgIpc) is 2.66. The monoisotopic (exact) mass is 382 g/mol. The molecule has 3 rings (SSSR count). The number of nitrogens with zero attached hydrogens (tertiary/aromatic N) is 1. The minimum absolute atomic E-state index is 0. The molecule has 1 amide bonds. The van der Waals surface area contributed by atoms with E-state index in [0.717, 1.165) is 24.8 Å². The molecule has 0 radical (unpaired) electrons. The van der Waals surface area contributed by atoms with E-state index in [1.807, 2.05) is 42.2 Å². The Kier molecular flexibility index (Phi) is 7.47. The molecule has 146 valence electrons. The highest BCUT2D eigenvalue weighted by Gasteiger charge is 2.56. The van der Waals surface area contributed by atoms with E-state index in [1.165, 1.54) is 0 Å². The van der Waals surface area contributed by atoms with Crippen LogP contribution in [-0.2, 0) is 9.53 Å². The van der Waals surface area contributed by atoms with Crippen molar-refractivity contribution in [3.05, 3.63) is 35.9 Å². The normalized spacial score (nSPS) is 25.3. The average molecular weight is 383 g/mol. The van der Waals surface area contributed by atoms with Gasteiger partial charge < -0.3 is 20.5 Å². The summed E-state index contributed by atoms with van der Waals surface area (Å²) in [5.74, 6) is 0.169. The lowest BCUT2D eigenvalue weighted by Gasteiger charge is -2.56. The summed E-state index contributed by atoms with van der Waals surface area (Å²) in [6.45, 7) is 4.09. The van der Waals surface area contributed by atoms with Gasteiger partial charge in [-0.15, -0.1) is 12.4 Å². The number of rotatable bonds is 6. The maximum absolute atomic E-state index is 12.5. The van der Waals surface area contributed by atoms with Gasteiger partial charge in [0, 0.05) is 44.0 Å². The van der Waals surface area contributed by atoms with Crippen LogP contribution in [0.3, 0.4) is 0 Å². The summed E-state index contributed by atoms with van der Waals surface area (Å²) < 4.78 is 5.79. The first kappa shape index (κ1) is 21.2. The highest BCUT2D eigenvalue weighted by molar-refractivity contribution is 5.85. The van der Waals surface area contributed by atoms with Crippen LogP contribution in [0.2, 0.25) is 0 Å². The first-order valence-electron chi connectivity index (χ1n) is 9.45. The number of amides is 1. The fourth-order valence-electron chi connectivity index (χ4n) is 4.29. The van der Waals surface area contributed by atoms with Gasteiger partial charge >= 0.3 is 0 Å². The molecular weight excluding hydrogens is 352 g/mol. The smallest absolute Gasteiger partial charge is 0.222 e. The second-order valence-electron chi connectivity index (χ2n) is 7.37. The molecule has 1 aliphatic carbocycles. The lowest BCUT2D eigenvalue weighted by molar-refractivity contribution is -0.210. The molecule has 1 aromatic rings. The first-order chi connectivity index (χ1) is 12.1. The van der Waals surface area contributed by atoms with Gasteiger partial charge in [0.2, 0.25) is 5.91 Å². The number of carbonyl (C=O) groups excluding carboxylic acids is 1. The molecule has 1 spiro atoms. The van der Waals surface area contributed by atoms with Gasteiger partial charge in [0.1, 0.15) is 0 Å². The van der Waals surface area contributed by atoms with Crippen molar-refractivity contribution in [2.45, 2.75) is 57.3 Å². The molecule has 0 aromatic heterocycles. The van der Waals surface area contributed by atoms with E-state index < -0.39 is 0 Å². The molecular formula is C20H31ClN2O3. The van der Waals surface area contributed by atoms with E-state index in [-0.39, 0.29) is 42.0 Å². The van der Waals surface area contributed by atoms with Gasteiger partial charge in [-0.25, -0.2) is 0 Å². The number of carbonyl (C=O) groups is 1. The van der Waals surface area contributed by atoms with E-state index >= 15 is 0 Å². The predicted octanol–water partition coefficient (Wildman–Crippen LogP) is 2.67. The van der Waals surface area contributed by atoms with Crippen LogP contribution in [0.4, 0.5) is 0 Å². The summed E-state index contributed by atoms with van der Waals surface area (Å²) in [5.41, 5.74) is 7.14. The van der Waals surface area contributed by atoms with Gasteiger partial charge in [-0.3, -0.25) is 4.79 Å². The van der Waals surface area contributed by atoms with Crippen molar-refractivity contribution in [1.29, 1.82) is 0 Å². The van der Waals surface area contributed by atoms with Crippen LogP contribution in [0.15, 0.2) is 30.3 Å². The summed E-state index contributed by atoms with van der Waals surface area (Å²) in [6.07, 6.45) is 3.39. The molecule has 1 heterocycles. The lowest BCUT2D eigenvalue weighted by atomic mass is 9.58. The van der Waals surface area contributed by atoms with Crippen LogP contribution in [0.1, 0.15) is 50.6 Å². The van der Waals surface area contributed by atoms with Gasteiger partial charge in [0.25, 0.3) is 0 Å². The van der Waals surface area contributed by atoms with E-state index in [0.29, 0.717) is 32.5 Å². The van der Waals surface area contributed by atoms with Crippen molar-refractivity contribution in [1.82, 2.24) is 4.90 Å². The molecule has 6 heteroatoms. The number of benzene rings is 1. The molecule has 1 aliphatic heterocycles. The summed E-state index contributed by atoms with van der Waals surface area (Å²) >= 11 is 0. The van der Waals surface area contributed by atoms with Gasteiger partial charge in [-0.05, 0) is 31.7 Å². The quantitative estimate of drug-likeness (QED) is 0.793. The van der Waals surface area contributed by atoms with Gasteiger partial charge in [-0.2, -0.15) is 0 Å². The Balaban J connectivity index is 0.00000243. The molecule has 1 saturated heterocycles. The Bertz CT molecular complexity index is 574. The Hall–Kier alpha value is -1.14. The zero-order valence-corrected chi connectivity index (χ0v) is 16.3. The molecule has 3 N–H and O–H groups in total.